The number of aldehydes is 1. The lowest BCUT2D eigenvalue weighted by atomic mass is 10.2. The summed E-state index contributed by atoms with van der Waals surface area (Å²) in [6.45, 7) is 3.65. The van der Waals surface area contributed by atoms with E-state index in [0.29, 0.717) is 17.7 Å². The molecule has 0 spiro atoms. The van der Waals surface area contributed by atoms with Gasteiger partial charge in [0.25, 0.3) is 0 Å². The SMILES string of the molecule is CCCC(C=O)Oc1ccc(C)c(F)c1. The Morgan fingerprint density at radius 2 is 2.27 bits per heavy atom. The van der Waals surface area contributed by atoms with Gasteiger partial charge in [-0.2, -0.15) is 0 Å². The number of rotatable bonds is 5. The summed E-state index contributed by atoms with van der Waals surface area (Å²) >= 11 is 0. The first-order chi connectivity index (χ1) is 7.17. The second-order valence-corrected chi connectivity index (χ2v) is 3.49. The fourth-order valence-corrected chi connectivity index (χ4v) is 1.26. The molecule has 1 rings (SSSR count). The van der Waals surface area contributed by atoms with Gasteiger partial charge in [-0.1, -0.05) is 19.4 Å². The van der Waals surface area contributed by atoms with Crippen molar-refractivity contribution in [3.05, 3.63) is 29.6 Å². The van der Waals surface area contributed by atoms with Crippen molar-refractivity contribution in [1.82, 2.24) is 0 Å². The van der Waals surface area contributed by atoms with Gasteiger partial charge in [-0.3, -0.25) is 4.79 Å². The van der Waals surface area contributed by atoms with Crippen LogP contribution in [0.5, 0.6) is 5.75 Å². The number of ether oxygens (including phenoxy) is 1. The molecule has 0 aliphatic carbocycles. The average molecular weight is 210 g/mol. The van der Waals surface area contributed by atoms with Crippen LogP contribution < -0.4 is 4.74 Å². The first-order valence-corrected chi connectivity index (χ1v) is 5.05. The Balaban J connectivity index is 2.70. The average Bonchev–Trinajstić information content (AvgIpc) is 2.23. The van der Waals surface area contributed by atoms with E-state index < -0.39 is 6.10 Å². The standard InChI is InChI=1S/C12H15FO2/c1-3-4-11(8-14)15-10-6-5-9(2)12(13)7-10/h5-8,11H,3-4H2,1-2H3. The summed E-state index contributed by atoms with van der Waals surface area (Å²) in [5.74, 6) is 0.0947. The summed E-state index contributed by atoms with van der Waals surface area (Å²) < 4.78 is 18.5. The van der Waals surface area contributed by atoms with E-state index in [2.05, 4.69) is 0 Å². The van der Waals surface area contributed by atoms with Gasteiger partial charge >= 0.3 is 0 Å². The van der Waals surface area contributed by atoms with Crippen molar-refractivity contribution in [1.29, 1.82) is 0 Å². The molecule has 0 radical (unpaired) electrons. The molecule has 2 nitrogen and oxygen atoms in total. The van der Waals surface area contributed by atoms with E-state index in [9.17, 15) is 9.18 Å². The Kier molecular flexibility index (Phi) is 4.28. The summed E-state index contributed by atoms with van der Waals surface area (Å²) in [4.78, 5) is 10.6. The van der Waals surface area contributed by atoms with Crippen LogP contribution in [0.15, 0.2) is 18.2 Å². The van der Waals surface area contributed by atoms with Crippen LogP contribution in [0.25, 0.3) is 0 Å². The highest BCUT2D eigenvalue weighted by atomic mass is 19.1. The number of aryl methyl sites for hydroxylation is 1. The van der Waals surface area contributed by atoms with Crippen LogP contribution in [0.2, 0.25) is 0 Å². The first-order valence-electron chi connectivity index (χ1n) is 5.05. The van der Waals surface area contributed by atoms with Gasteiger partial charge in [0.15, 0.2) is 12.4 Å². The van der Waals surface area contributed by atoms with Crippen molar-refractivity contribution < 1.29 is 13.9 Å². The maximum absolute atomic E-state index is 13.2. The molecule has 0 aliphatic heterocycles. The summed E-state index contributed by atoms with van der Waals surface area (Å²) in [5.41, 5.74) is 0.570. The molecule has 0 bridgehead atoms. The highest BCUT2D eigenvalue weighted by Crippen LogP contribution is 2.17. The molecule has 1 aromatic rings. The van der Waals surface area contributed by atoms with Crippen molar-refractivity contribution in [3.8, 4) is 5.75 Å². The molecule has 1 atom stereocenters. The Morgan fingerprint density at radius 1 is 1.53 bits per heavy atom. The number of halogens is 1. The normalized spacial score (nSPS) is 12.2. The molecule has 0 heterocycles. The zero-order chi connectivity index (χ0) is 11.3. The number of hydrogen-bond donors (Lipinski definition) is 0. The number of carbonyl (C=O) groups excluding carboxylic acids is 1. The predicted octanol–water partition coefficient (Wildman–Crippen LogP) is 2.88. The largest absolute Gasteiger partial charge is 0.483 e. The first kappa shape index (κ1) is 11.7. The minimum atomic E-state index is -0.475. The van der Waals surface area contributed by atoms with E-state index in [1.165, 1.54) is 6.07 Å². The van der Waals surface area contributed by atoms with Crippen LogP contribution in [-0.2, 0) is 4.79 Å². The molecular weight excluding hydrogens is 195 g/mol. The maximum atomic E-state index is 13.2. The van der Waals surface area contributed by atoms with Crippen LogP contribution in [-0.4, -0.2) is 12.4 Å². The van der Waals surface area contributed by atoms with E-state index in [-0.39, 0.29) is 5.82 Å². The van der Waals surface area contributed by atoms with Crippen LogP contribution in [0, 0.1) is 12.7 Å². The minimum Gasteiger partial charge on any atom is -0.483 e. The Labute approximate surface area is 89.1 Å². The fraction of sp³-hybridized carbons (Fsp3) is 0.417. The van der Waals surface area contributed by atoms with Crippen molar-refractivity contribution in [3.63, 3.8) is 0 Å². The van der Waals surface area contributed by atoms with Crippen molar-refractivity contribution in [2.45, 2.75) is 32.8 Å². The summed E-state index contributed by atoms with van der Waals surface area (Å²) in [5, 5.41) is 0. The minimum absolute atomic E-state index is 0.311. The van der Waals surface area contributed by atoms with Crippen LogP contribution in [0.4, 0.5) is 4.39 Å². The van der Waals surface area contributed by atoms with E-state index in [0.717, 1.165) is 12.7 Å². The monoisotopic (exact) mass is 210 g/mol. The fourth-order valence-electron chi connectivity index (χ4n) is 1.26. The lowest BCUT2D eigenvalue weighted by Gasteiger charge is -2.12. The third kappa shape index (κ3) is 3.35. The molecule has 0 amide bonds. The van der Waals surface area contributed by atoms with Crippen molar-refractivity contribution in [2.24, 2.45) is 0 Å². The summed E-state index contributed by atoms with van der Waals surface area (Å²) in [6.07, 6.45) is 1.79. The van der Waals surface area contributed by atoms with Gasteiger partial charge in [-0.05, 0) is 25.0 Å². The predicted molar refractivity (Wildman–Crippen MR) is 56.5 cm³/mol. The lowest BCUT2D eigenvalue weighted by molar-refractivity contribution is -0.113. The van der Waals surface area contributed by atoms with Crippen LogP contribution >= 0.6 is 0 Å². The molecule has 1 aromatic carbocycles. The molecule has 0 N–H and O–H groups in total. The quantitative estimate of drug-likeness (QED) is 0.698. The second-order valence-electron chi connectivity index (χ2n) is 3.49. The molecule has 3 heteroatoms. The third-order valence-electron chi connectivity index (χ3n) is 2.16. The molecule has 82 valence electrons. The second kappa shape index (κ2) is 5.49. The van der Waals surface area contributed by atoms with Gasteiger partial charge in [0, 0.05) is 6.07 Å². The van der Waals surface area contributed by atoms with E-state index in [1.54, 1.807) is 19.1 Å². The Morgan fingerprint density at radius 3 is 2.80 bits per heavy atom. The number of hydrogen-bond acceptors (Lipinski definition) is 2. The molecule has 1 unspecified atom stereocenters. The summed E-state index contributed by atoms with van der Waals surface area (Å²) in [7, 11) is 0. The molecule has 0 saturated heterocycles. The molecule has 0 fully saturated rings. The summed E-state index contributed by atoms with van der Waals surface area (Å²) in [6, 6.07) is 4.62. The van der Waals surface area contributed by atoms with Crippen LogP contribution in [0.1, 0.15) is 25.3 Å². The molecule has 0 saturated carbocycles. The zero-order valence-corrected chi connectivity index (χ0v) is 9.00. The zero-order valence-electron chi connectivity index (χ0n) is 9.00. The number of benzene rings is 1. The van der Waals surface area contributed by atoms with E-state index >= 15 is 0 Å². The van der Waals surface area contributed by atoms with Gasteiger partial charge in [-0.25, -0.2) is 4.39 Å². The maximum Gasteiger partial charge on any atom is 0.160 e. The number of carbonyl (C=O) groups is 1. The van der Waals surface area contributed by atoms with E-state index in [4.69, 9.17) is 4.74 Å². The Bertz CT molecular complexity index is 336. The lowest BCUT2D eigenvalue weighted by Crippen LogP contribution is -2.17. The Hall–Kier alpha value is -1.38. The van der Waals surface area contributed by atoms with Crippen molar-refractivity contribution >= 4 is 6.29 Å². The smallest absolute Gasteiger partial charge is 0.160 e. The molecule has 0 aliphatic rings. The van der Waals surface area contributed by atoms with Gasteiger partial charge in [0.1, 0.15) is 11.6 Å². The topological polar surface area (TPSA) is 26.3 Å². The third-order valence-corrected chi connectivity index (χ3v) is 2.16. The molecule has 0 aromatic heterocycles. The van der Waals surface area contributed by atoms with Gasteiger partial charge in [0.05, 0.1) is 0 Å². The highest BCUT2D eigenvalue weighted by molar-refractivity contribution is 5.56. The molecule has 15 heavy (non-hydrogen) atoms. The molecular formula is C12H15FO2. The highest BCUT2D eigenvalue weighted by Gasteiger charge is 2.08. The van der Waals surface area contributed by atoms with Gasteiger partial charge in [-0.15, -0.1) is 0 Å². The van der Waals surface area contributed by atoms with Gasteiger partial charge < -0.3 is 4.74 Å². The van der Waals surface area contributed by atoms with Crippen LogP contribution in [0.3, 0.4) is 0 Å². The van der Waals surface area contributed by atoms with Gasteiger partial charge in [0.2, 0.25) is 0 Å². The van der Waals surface area contributed by atoms with Crippen molar-refractivity contribution in [2.75, 3.05) is 0 Å². The van der Waals surface area contributed by atoms with E-state index in [1.807, 2.05) is 6.92 Å².